The second-order valence-corrected chi connectivity index (χ2v) is 4.68. The summed E-state index contributed by atoms with van der Waals surface area (Å²) < 4.78 is 5.35. The van der Waals surface area contributed by atoms with Crippen molar-refractivity contribution in [1.82, 2.24) is 5.32 Å². The summed E-state index contributed by atoms with van der Waals surface area (Å²) in [6.45, 7) is 6.86. The Morgan fingerprint density at radius 1 is 1.39 bits per heavy atom. The third kappa shape index (κ3) is 4.06. The lowest BCUT2D eigenvalue weighted by molar-refractivity contribution is -0.120. The summed E-state index contributed by atoms with van der Waals surface area (Å²) in [5, 5.41) is 2.89. The highest BCUT2D eigenvalue weighted by Gasteiger charge is 2.07. The van der Waals surface area contributed by atoms with Crippen LogP contribution in [0.4, 0.5) is 0 Å². The molecule has 1 N–H and O–H groups in total. The van der Waals surface area contributed by atoms with Crippen molar-refractivity contribution in [2.75, 3.05) is 13.7 Å². The highest BCUT2D eigenvalue weighted by Crippen LogP contribution is 2.24. The van der Waals surface area contributed by atoms with Gasteiger partial charge in [0, 0.05) is 13.0 Å². The van der Waals surface area contributed by atoms with E-state index in [4.69, 9.17) is 4.74 Å². The van der Waals surface area contributed by atoms with Crippen LogP contribution in [-0.4, -0.2) is 19.6 Å². The Morgan fingerprint density at radius 2 is 2.11 bits per heavy atom. The van der Waals surface area contributed by atoms with Gasteiger partial charge in [0.25, 0.3) is 0 Å². The first-order valence-corrected chi connectivity index (χ1v) is 6.52. The van der Waals surface area contributed by atoms with Crippen LogP contribution in [0.3, 0.4) is 0 Å². The lowest BCUT2D eigenvalue weighted by Crippen LogP contribution is -2.24. The predicted molar refractivity (Wildman–Crippen MR) is 74.1 cm³/mol. The van der Waals surface area contributed by atoms with Gasteiger partial charge < -0.3 is 10.1 Å². The van der Waals surface area contributed by atoms with Gasteiger partial charge in [-0.3, -0.25) is 4.79 Å². The standard InChI is InChI=1S/C15H23NO2/c1-5-15(17)16-9-8-13-10-12(11(2)3)6-7-14(13)18-4/h6-7,10-11H,5,8-9H2,1-4H3,(H,16,17). The number of ether oxygens (including phenoxy) is 1. The third-order valence-electron chi connectivity index (χ3n) is 3.01. The molecule has 0 saturated heterocycles. The van der Waals surface area contributed by atoms with Gasteiger partial charge in [-0.15, -0.1) is 0 Å². The lowest BCUT2D eigenvalue weighted by Gasteiger charge is -2.13. The normalized spacial score (nSPS) is 10.5. The molecule has 0 radical (unpaired) electrons. The zero-order valence-corrected chi connectivity index (χ0v) is 11.7. The number of hydrogen-bond acceptors (Lipinski definition) is 2. The first kappa shape index (κ1) is 14.6. The summed E-state index contributed by atoms with van der Waals surface area (Å²) >= 11 is 0. The molecule has 0 atom stereocenters. The van der Waals surface area contributed by atoms with Crippen LogP contribution in [-0.2, 0) is 11.2 Å². The van der Waals surface area contributed by atoms with Gasteiger partial charge in [0.1, 0.15) is 5.75 Å². The van der Waals surface area contributed by atoms with Crippen molar-refractivity contribution in [2.24, 2.45) is 0 Å². The van der Waals surface area contributed by atoms with E-state index in [0.717, 1.165) is 17.7 Å². The Bertz CT molecular complexity index is 399. The monoisotopic (exact) mass is 249 g/mol. The van der Waals surface area contributed by atoms with Gasteiger partial charge in [-0.2, -0.15) is 0 Å². The molecule has 18 heavy (non-hydrogen) atoms. The molecule has 1 aromatic carbocycles. The molecule has 1 aromatic rings. The number of nitrogens with one attached hydrogen (secondary N) is 1. The van der Waals surface area contributed by atoms with Crippen LogP contribution in [0.5, 0.6) is 5.75 Å². The Labute approximate surface area is 110 Å². The van der Waals surface area contributed by atoms with Crippen molar-refractivity contribution < 1.29 is 9.53 Å². The van der Waals surface area contributed by atoms with Gasteiger partial charge >= 0.3 is 0 Å². The van der Waals surface area contributed by atoms with E-state index in [-0.39, 0.29) is 5.91 Å². The van der Waals surface area contributed by atoms with Crippen molar-refractivity contribution >= 4 is 5.91 Å². The topological polar surface area (TPSA) is 38.3 Å². The van der Waals surface area contributed by atoms with Gasteiger partial charge in [-0.25, -0.2) is 0 Å². The molecule has 0 saturated carbocycles. The molecule has 100 valence electrons. The number of amides is 1. The predicted octanol–water partition coefficient (Wildman–Crippen LogP) is 2.89. The maximum atomic E-state index is 11.2. The molecule has 0 aliphatic rings. The van der Waals surface area contributed by atoms with E-state index in [1.165, 1.54) is 5.56 Å². The number of hydrogen-bond donors (Lipinski definition) is 1. The number of carbonyl (C=O) groups is 1. The van der Waals surface area contributed by atoms with Crippen LogP contribution in [0, 0.1) is 0 Å². The summed E-state index contributed by atoms with van der Waals surface area (Å²) in [5.74, 6) is 1.49. The van der Waals surface area contributed by atoms with Crippen molar-refractivity contribution in [1.29, 1.82) is 0 Å². The largest absolute Gasteiger partial charge is 0.496 e. The molecule has 0 spiro atoms. The van der Waals surface area contributed by atoms with E-state index < -0.39 is 0 Å². The van der Waals surface area contributed by atoms with Gasteiger partial charge in [0.2, 0.25) is 5.91 Å². The molecule has 1 amide bonds. The van der Waals surface area contributed by atoms with Gasteiger partial charge in [0.15, 0.2) is 0 Å². The summed E-state index contributed by atoms with van der Waals surface area (Å²) in [5.41, 5.74) is 2.45. The molecule has 0 unspecified atom stereocenters. The Kier molecular flexibility index (Phi) is 5.69. The van der Waals surface area contributed by atoms with E-state index in [2.05, 4.69) is 31.3 Å². The average Bonchev–Trinajstić information content (AvgIpc) is 2.38. The van der Waals surface area contributed by atoms with E-state index in [0.29, 0.717) is 18.9 Å². The van der Waals surface area contributed by atoms with Crippen molar-refractivity contribution in [3.05, 3.63) is 29.3 Å². The SMILES string of the molecule is CCC(=O)NCCc1cc(C(C)C)ccc1OC. The minimum Gasteiger partial charge on any atom is -0.496 e. The molecular weight excluding hydrogens is 226 g/mol. The summed E-state index contributed by atoms with van der Waals surface area (Å²) in [6, 6.07) is 6.27. The summed E-state index contributed by atoms with van der Waals surface area (Å²) in [7, 11) is 1.68. The second kappa shape index (κ2) is 7.04. The fraction of sp³-hybridized carbons (Fsp3) is 0.533. The molecule has 0 aliphatic heterocycles. The van der Waals surface area contributed by atoms with Gasteiger partial charge in [0.05, 0.1) is 7.11 Å². The third-order valence-corrected chi connectivity index (χ3v) is 3.01. The molecule has 0 aliphatic carbocycles. The highest BCUT2D eigenvalue weighted by atomic mass is 16.5. The Balaban J connectivity index is 2.72. The maximum absolute atomic E-state index is 11.2. The van der Waals surface area contributed by atoms with E-state index in [1.54, 1.807) is 7.11 Å². The average molecular weight is 249 g/mol. The number of rotatable bonds is 6. The molecule has 1 rings (SSSR count). The molecule has 0 heterocycles. The minimum absolute atomic E-state index is 0.0916. The van der Waals surface area contributed by atoms with E-state index in [1.807, 2.05) is 13.0 Å². The number of methoxy groups -OCH3 is 1. The summed E-state index contributed by atoms with van der Waals surface area (Å²) in [4.78, 5) is 11.2. The molecule has 0 fully saturated rings. The number of carbonyl (C=O) groups excluding carboxylic acids is 1. The van der Waals surface area contributed by atoms with Gasteiger partial charge in [-0.05, 0) is 29.5 Å². The first-order valence-electron chi connectivity index (χ1n) is 6.52. The summed E-state index contributed by atoms with van der Waals surface area (Å²) in [6.07, 6.45) is 1.33. The van der Waals surface area contributed by atoms with Crippen molar-refractivity contribution in [3.8, 4) is 5.75 Å². The van der Waals surface area contributed by atoms with Crippen LogP contribution in [0.2, 0.25) is 0 Å². The molecule has 0 bridgehead atoms. The van der Waals surface area contributed by atoms with E-state index >= 15 is 0 Å². The van der Waals surface area contributed by atoms with Crippen LogP contribution >= 0.6 is 0 Å². The van der Waals surface area contributed by atoms with Crippen LogP contribution < -0.4 is 10.1 Å². The molecule has 0 aromatic heterocycles. The van der Waals surface area contributed by atoms with Gasteiger partial charge in [-0.1, -0.05) is 32.9 Å². The zero-order valence-electron chi connectivity index (χ0n) is 11.7. The Hall–Kier alpha value is -1.51. The smallest absolute Gasteiger partial charge is 0.219 e. The molecule has 3 nitrogen and oxygen atoms in total. The minimum atomic E-state index is 0.0916. The van der Waals surface area contributed by atoms with Crippen molar-refractivity contribution in [2.45, 2.75) is 39.5 Å². The second-order valence-electron chi connectivity index (χ2n) is 4.68. The first-order chi connectivity index (χ1) is 8.58. The maximum Gasteiger partial charge on any atom is 0.219 e. The van der Waals surface area contributed by atoms with Crippen LogP contribution in [0.15, 0.2) is 18.2 Å². The number of benzene rings is 1. The Morgan fingerprint density at radius 3 is 2.67 bits per heavy atom. The van der Waals surface area contributed by atoms with Crippen molar-refractivity contribution in [3.63, 3.8) is 0 Å². The highest BCUT2D eigenvalue weighted by molar-refractivity contribution is 5.75. The molecular formula is C15H23NO2. The quantitative estimate of drug-likeness (QED) is 0.842. The van der Waals surface area contributed by atoms with Crippen LogP contribution in [0.1, 0.15) is 44.2 Å². The molecule has 3 heteroatoms. The fourth-order valence-corrected chi connectivity index (χ4v) is 1.81. The lowest BCUT2D eigenvalue weighted by atomic mass is 9.99. The van der Waals surface area contributed by atoms with E-state index in [9.17, 15) is 4.79 Å². The van der Waals surface area contributed by atoms with Crippen LogP contribution in [0.25, 0.3) is 0 Å². The zero-order chi connectivity index (χ0) is 13.5. The fourth-order valence-electron chi connectivity index (χ4n) is 1.81.